The van der Waals surface area contributed by atoms with Crippen molar-refractivity contribution in [3.63, 3.8) is 0 Å². The molecule has 0 atom stereocenters. The number of hydrogen-bond acceptors (Lipinski definition) is 4. The van der Waals surface area contributed by atoms with E-state index in [2.05, 4.69) is 41.8 Å². The fourth-order valence-electron chi connectivity index (χ4n) is 4.28. The second-order valence-corrected chi connectivity index (χ2v) is 8.46. The molecule has 0 bridgehead atoms. The molecule has 0 amide bonds. The van der Waals surface area contributed by atoms with Gasteiger partial charge in [-0.05, 0) is 29.7 Å². The van der Waals surface area contributed by atoms with E-state index < -0.39 is 0 Å². The van der Waals surface area contributed by atoms with E-state index in [4.69, 9.17) is 21.1 Å². The standard InChI is InChI=1S/C25H23ClN2O3/c1-17(26)14-28-22-13-24-23(30-16-31-24)12-20(22)11-21(25(28)29)15-27-9-7-19(8-10-27)18-5-3-2-4-6-18/h2-7,11-13H,1,8-10,14-16H2. The van der Waals surface area contributed by atoms with E-state index in [-0.39, 0.29) is 18.9 Å². The molecule has 2 aromatic carbocycles. The lowest BCUT2D eigenvalue weighted by atomic mass is 9.99. The van der Waals surface area contributed by atoms with Gasteiger partial charge in [0.25, 0.3) is 5.56 Å². The van der Waals surface area contributed by atoms with Gasteiger partial charge >= 0.3 is 0 Å². The Bertz CT molecular complexity index is 1250. The molecule has 3 heterocycles. The Labute approximate surface area is 185 Å². The molecule has 0 fully saturated rings. The van der Waals surface area contributed by atoms with Crippen LogP contribution in [0.5, 0.6) is 11.5 Å². The maximum atomic E-state index is 13.3. The first-order valence-corrected chi connectivity index (χ1v) is 10.7. The van der Waals surface area contributed by atoms with Crippen molar-refractivity contribution in [2.75, 3.05) is 19.9 Å². The largest absolute Gasteiger partial charge is 0.454 e. The number of ether oxygens (including phenoxy) is 2. The number of benzene rings is 2. The van der Waals surface area contributed by atoms with E-state index >= 15 is 0 Å². The predicted octanol–water partition coefficient (Wildman–Crippen LogP) is 4.77. The highest BCUT2D eigenvalue weighted by Crippen LogP contribution is 2.36. The maximum Gasteiger partial charge on any atom is 0.255 e. The van der Waals surface area contributed by atoms with Crippen LogP contribution >= 0.6 is 11.6 Å². The molecule has 5 rings (SSSR count). The lowest BCUT2D eigenvalue weighted by Crippen LogP contribution is -2.33. The maximum absolute atomic E-state index is 13.3. The third kappa shape index (κ3) is 3.99. The zero-order chi connectivity index (χ0) is 21.4. The van der Waals surface area contributed by atoms with Gasteiger partial charge in [-0.25, -0.2) is 0 Å². The Morgan fingerprint density at radius 3 is 2.58 bits per heavy atom. The second kappa shape index (κ2) is 8.25. The smallest absolute Gasteiger partial charge is 0.255 e. The fraction of sp³-hybridized carbons (Fsp3) is 0.240. The number of aromatic nitrogens is 1. The van der Waals surface area contributed by atoms with Gasteiger partial charge in [-0.2, -0.15) is 0 Å². The van der Waals surface area contributed by atoms with Gasteiger partial charge in [-0.15, -0.1) is 0 Å². The molecule has 3 aromatic rings. The number of fused-ring (bicyclic) bond motifs is 2. The van der Waals surface area contributed by atoms with Gasteiger partial charge in [-0.1, -0.05) is 54.6 Å². The molecule has 0 saturated carbocycles. The SMILES string of the molecule is C=C(Cl)Cn1c(=O)c(CN2CC=C(c3ccccc3)CC2)cc2cc3c(cc21)OCO3. The third-order valence-corrected chi connectivity index (χ3v) is 5.94. The predicted molar refractivity (Wildman–Crippen MR) is 124 cm³/mol. The molecule has 2 aliphatic heterocycles. The molecule has 1 aromatic heterocycles. The van der Waals surface area contributed by atoms with Gasteiger partial charge < -0.3 is 14.0 Å². The summed E-state index contributed by atoms with van der Waals surface area (Å²) in [7, 11) is 0. The van der Waals surface area contributed by atoms with Crippen molar-refractivity contribution in [2.45, 2.75) is 19.5 Å². The van der Waals surface area contributed by atoms with Gasteiger partial charge in [0.2, 0.25) is 6.79 Å². The summed E-state index contributed by atoms with van der Waals surface area (Å²) in [5.41, 5.74) is 4.09. The second-order valence-electron chi connectivity index (χ2n) is 7.92. The monoisotopic (exact) mass is 434 g/mol. The van der Waals surface area contributed by atoms with Crippen molar-refractivity contribution in [1.29, 1.82) is 0 Å². The van der Waals surface area contributed by atoms with Gasteiger partial charge in [0, 0.05) is 41.7 Å². The zero-order valence-electron chi connectivity index (χ0n) is 17.1. The third-order valence-electron chi connectivity index (χ3n) is 5.82. The Balaban J connectivity index is 1.47. The van der Waals surface area contributed by atoms with Crippen LogP contribution in [0.2, 0.25) is 0 Å². The van der Waals surface area contributed by atoms with E-state index in [0.717, 1.165) is 36.0 Å². The molecule has 158 valence electrons. The number of pyridine rings is 1. The summed E-state index contributed by atoms with van der Waals surface area (Å²) in [5, 5.41) is 1.33. The Morgan fingerprint density at radius 2 is 1.87 bits per heavy atom. The highest BCUT2D eigenvalue weighted by molar-refractivity contribution is 6.29. The molecule has 0 radical (unpaired) electrons. The number of rotatable bonds is 5. The van der Waals surface area contributed by atoms with E-state index in [9.17, 15) is 4.79 Å². The van der Waals surface area contributed by atoms with Crippen molar-refractivity contribution in [2.24, 2.45) is 0 Å². The molecule has 5 nitrogen and oxygen atoms in total. The van der Waals surface area contributed by atoms with Gasteiger partial charge in [-0.3, -0.25) is 9.69 Å². The molecule has 0 unspecified atom stereocenters. The van der Waals surface area contributed by atoms with Crippen LogP contribution in [0, 0.1) is 0 Å². The molecule has 2 aliphatic rings. The average molecular weight is 435 g/mol. The van der Waals surface area contributed by atoms with Crippen LogP contribution in [-0.2, 0) is 13.1 Å². The summed E-state index contributed by atoms with van der Waals surface area (Å²) in [6.45, 7) is 6.52. The molecule has 0 N–H and O–H groups in total. The summed E-state index contributed by atoms with van der Waals surface area (Å²) < 4.78 is 12.7. The lowest BCUT2D eigenvalue weighted by molar-refractivity contribution is 0.174. The first-order chi connectivity index (χ1) is 15.1. The minimum Gasteiger partial charge on any atom is -0.454 e. The van der Waals surface area contributed by atoms with Gasteiger partial charge in [0.1, 0.15) is 0 Å². The minimum absolute atomic E-state index is 0.0500. The Hall–Kier alpha value is -3.02. The summed E-state index contributed by atoms with van der Waals surface area (Å²) in [5.74, 6) is 1.34. The summed E-state index contributed by atoms with van der Waals surface area (Å²) >= 11 is 6.09. The molecule has 31 heavy (non-hydrogen) atoms. The molecular formula is C25H23ClN2O3. The number of allylic oxidation sites excluding steroid dienone is 1. The van der Waals surface area contributed by atoms with E-state index in [0.29, 0.717) is 23.1 Å². The highest BCUT2D eigenvalue weighted by atomic mass is 35.5. The first kappa shape index (κ1) is 19.9. The summed E-state index contributed by atoms with van der Waals surface area (Å²) in [6.07, 6.45) is 3.22. The van der Waals surface area contributed by atoms with Crippen LogP contribution in [0.3, 0.4) is 0 Å². The average Bonchev–Trinajstić information content (AvgIpc) is 3.24. The van der Waals surface area contributed by atoms with Crippen molar-refractivity contribution < 1.29 is 9.47 Å². The normalized spacial score (nSPS) is 15.8. The van der Waals surface area contributed by atoms with Crippen LogP contribution in [0.4, 0.5) is 0 Å². The van der Waals surface area contributed by atoms with E-state index in [1.54, 1.807) is 4.57 Å². The number of nitrogens with zero attached hydrogens (tertiary/aromatic N) is 2. The van der Waals surface area contributed by atoms with Crippen LogP contribution < -0.4 is 15.0 Å². The first-order valence-electron chi connectivity index (χ1n) is 10.3. The molecule has 0 aliphatic carbocycles. The lowest BCUT2D eigenvalue weighted by Gasteiger charge is -2.26. The quantitative estimate of drug-likeness (QED) is 0.580. The van der Waals surface area contributed by atoms with Crippen LogP contribution in [0.25, 0.3) is 16.5 Å². The minimum atomic E-state index is -0.0500. The van der Waals surface area contributed by atoms with Gasteiger partial charge in [0.15, 0.2) is 11.5 Å². The number of halogens is 1. The summed E-state index contributed by atoms with van der Waals surface area (Å²) in [6, 6.07) is 16.2. The van der Waals surface area contributed by atoms with Crippen molar-refractivity contribution in [3.8, 4) is 11.5 Å². The van der Waals surface area contributed by atoms with Gasteiger partial charge in [0.05, 0.1) is 12.1 Å². The topological polar surface area (TPSA) is 43.7 Å². The molecule has 6 heteroatoms. The van der Waals surface area contributed by atoms with Crippen LogP contribution in [-0.4, -0.2) is 29.3 Å². The molecular weight excluding hydrogens is 412 g/mol. The zero-order valence-corrected chi connectivity index (χ0v) is 17.9. The van der Waals surface area contributed by atoms with Crippen molar-refractivity contribution in [1.82, 2.24) is 9.47 Å². The molecule has 0 saturated heterocycles. The fourth-order valence-corrected chi connectivity index (χ4v) is 4.40. The van der Waals surface area contributed by atoms with Crippen molar-refractivity contribution in [3.05, 3.63) is 87.7 Å². The van der Waals surface area contributed by atoms with Crippen molar-refractivity contribution >= 4 is 28.1 Å². The highest BCUT2D eigenvalue weighted by Gasteiger charge is 2.20. The number of hydrogen-bond donors (Lipinski definition) is 0. The van der Waals surface area contributed by atoms with Crippen LogP contribution in [0.15, 0.2) is 71.0 Å². The summed E-state index contributed by atoms with van der Waals surface area (Å²) in [4.78, 5) is 15.6. The van der Waals surface area contributed by atoms with E-state index in [1.807, 2.05) is 24.3 Å². The van der Waals surface area contributed by atoms with Crippen LogP contribution in [0.1, 0.15) is 17.5 Å². The molecule has 0 spiro atoms. The Morgan fingerprint density at radius 1 is 1.10 bits per heavy atom. The van der Waals surface area contributed by atoms with E-state index in [1.165, 1.54) is 11.1 Å². The Kier molecular flexibility index (Phi) is 5.30.